The molecular weight excluding hydrogens is 316 g/mol. The summed E-state index contributed by atoms with van der Waals surface area (Å²) in [4.78, 5) is 6.81. The largest absolute Gasteiger partial charge is 0.467 e. The molecule has 2 atom stereocenters. The molecule has 6 heteroatoms. The van der Waals surface area contributed by atoms with Crippen LogP contribution in [0.15, 0.2) is 47.3 Å². The van der Waals surface area contributed by atoms with Gasteiger partial charge in [0, 0.05) is 18.8 Å². The number of likely N-dealkylation sites (tertiary alicyclic amines) is 1. The Hall–Kier alpha value is -2.62. The lowest BCUT2D eigenvalue weighted by molar-refractivity contribution is 0.0990. The number of aliphatic hydroxyl groups excluding tert-OH is 1. The average molecular weight is 336 g/mol. The fourth-order valence-electron chi connectivity index (χ4n) is 3.65. The zero-order chi connectivity index (χ0) is 17.2. The second kappa shape index (κ2) is 6.71. The third kappa shape index (κ3) is 3.16. The first-order chi connectivity index (χ1) is 12.2. The molecule has 128 valence electrons. The van der Waals surface area contributed by atoms with Crippen LogP contribution in [0.1, 0.15) is 42.4 Å². The maximum Gasteiger partial charge on any atom is 0.137 e. The first-order valence-corrected chi connectivity index (χ1v) is 8.56. The van der Waals surface area contributed by atoms with E-state index in [4.69, 9.17) is 9.68 Å². The summed E-state index contributed by atoms with van der Waals surface area (Å²) in [7, 11) is 0. The van der Waals surface area contributed by atoms with Crippen LogP contribution in [0.2, 0.25) is 0 Å². The molecule has 0 aromatic carbocycles. The molecule has 0 spiro atoms. The molecule has 0 radical (unpaired) electrons. The number of aromatic nitrogens is 2. The molecule has 2 unspecified atom stereocenters. The van der Waals surface area contributed by atoms with Crippen molar-refractivity contribution in [3.63, 3.8) is 0 Å². The molecule has 1 aliphatic rings. The number of hydrogen-bond donors (Lipinski definition) is 1. The van der Waals surface area contributed by atoms with Gasteiger partial charge in [0.2, 0.25) is 0 Å². The molecule has 25 heavy (non-hydrogen) atoms. The third-order valence-electron chi connectivity index (χ3n) is 4.94. The second-order valence-electron chi connectivity index (χ2n) is 6.54. The molecule has 1 saturated heterocycles. The standard InChI is InChI=1S/C19H20N4O2/c20-10-14-5-6-19-21-11-16(23(19)12-14)13-22-7-1-3-15(22)9-17(24)18-4-2-8-25-18/h2,4-6,8,11-12,15,17,24H,1,3,7,9,13H2. The van der Waals surface area contributed by atoms with Crippen molar-refractivity contribution in [3.05, 3.63) is 59.9 Å². The highest BCUT2D eigenvalue weighted by atomic mass is 16.4. The third-order valence-corrected chi connectivity index (χ3v) is 4.94. The fraction of sp³-hybridized carbons (Fsp3) is 0.368. The van der Waals surface area contributed by atoms with Crippen molar-refractivity contribution >= 4 is 5.65 Å². The SMILES string of the molecule is N#Cc1ccc2ncc(CN3CCCC3CC(O)c3ccco3)n2c1. The quantitative estimate of drug-likeness (QED) is 0.775. The molecular formula is C19H20N4O2. The van der Waals surface area contributed by atoms with Gasteiger partial charge in [0.25, 0.3) is 0 Å². The molecule has 3 aromatic rings. The average Bonchev–Trinajstić information content (AvgIpc) is 3.37. The van der Waals surface area contributed by atoms with Gasteiger partial charge in [-0.05, 0) is 50.1 Å². The van der Waals surface area contributed by atoms with Crippen LogP contribution in [0.25, 0.3) is 5.65 Å². The van der Waals surface area contributed by atoms with E-state index in [0.717, 1.165) is 37.3 Å². The van der Waals surface area contributed by atoms with Gasteiger partial charge in [-0.1, -0.05) is 0 Å². The van der Waals surface area contributed by atoms with Gasteiger partial charge in [-0.25, -0.2) is 4.98 Å². The van der Waals surface area contributed by atoms with Gasteiger partial charge in [-0.15, -0.1) is 0 Å². The summed E-state index contributed by atoms with van der Waals surface area (Å²) >= 11 is 0. The monoisotopic (exact) mass is 336 g/mol. The molecule has 0 saturated carbocycles. The van der Waals surface area contributed by atoms with Crippen molar-refractivity contribution in [2.75, 3.05) is 6.54 Å². The van der Waals surface area contributed by atoms with E-state index < -0.39 is 6.10 Å². The van der Waals surface area contributed by atoms with E-state index in [1.54, 1.807) is 18.4 Å². The minimum atomic E-state index is -0.576. The fourth-order valence-corrected chi connectivity index (χ4v) is 3.65. The van der Waals surface area contributed by atoms with E-state index in [-0.39, 0.29) is 0 Å². The number of imidazole rings is 1. The summed E-state index contributed by atoms with van der Waals surface area (Å²) < 4.78 is 7.30. The van der Waals surface area contributed by atoms with Gasteiger partial charge in [0.1, 0.15) is 23.6 Å². The zero-order valence-corrected chi connectivity index (χ0v) is 13.9. The number of furan rings is 1. The van der Waals surface area contributed by atoms with Gasteiger partial charge in [0.05, 0.1) is 23.7 Å². The van der Waals surface area contributed by atoms with Gasteiger partial charge in [0.15, 0.2) is 0 Å². The van der Waals surface area contributed by atoms with E-state index in [0.29, 0.717) is 23.8 Å². The summed E-state index contributed by atoms with van der Waals surface area (Å²) in [6, 6.07) is 9.75. The smallest absolute Gasteiger partial charge is 0.137 e. The molecule has 0 bridgehead atoms. The van der Waals surface area contributed by atoms with Crippen LogP contribution >= 0.6 is 0 Å². The Morgan fingerprint density at radius 2 is 2.32 bits per heavy atom. The molecule has 1 N–H and O–H groups in total. The topological polar surface area (TPSA) is 77.7 Å². The molecule has 0 aliphatic carbocycles. The normalized spacial score (nSPS) is 19.3. The van der Waals surface area contributed by atoms with Gasteiger partial charge in [-0.3, -0.25) is 4.90 Å². The van der Waals surface area contributed by atoms with Gasteiger partial charge >= 0.3 is 0 Å². The Kier molecular flexibility index (Phi) is 4.26. The highest BCUT2D eigenvalue weighted by Crippen LogP contribution is 2.29. The van der Waals surface area contributed by atoms with Crippen LogP contribution in [-0.4, -0.2) is 32.0 Å². The summed E-state index contributed by atoms with van der Waals surface area (Å²) in [5, 5.41) is 19.5. The van der Waals surface area contributed by atoms with Crippen molar-refractivity contribution in [2.24, 2.45) is 0 Å². The van der Waals surface area contributed by atoms with E-state index in [9.17, 15) is 5.11 Å². The number of pyridine rings is 1. The highest BCUT2D eigenvalue weighted by Gasteiger charge is 2.28. The predicted octanol–water partition coefficient (Wildman–Crippen LogP) is 2.89. The Morgan fingerprint density at radius 3 is 3.12 bits per heavy atom. The Labute approximate surface area is 145 Å². The maximum absolute atomic E-state index is 10.4. The lowest BCUT2D eigenvalue weighted by Gasteiger charge is -2.25. The van der Waals surface area contributed by atoms with Crippen molar-refractivity contribution in [1.82, 2.24) is 14.3 Å². The molecule has 6 nitrogen and oxygen atoms in total. The first kappa shape index (κ1) is 15.9. The lowest BCUT2D eigenvalue weighted by atomic mass is 10.1. The molecule has 0 amide bonds. The Balaban J connectivity index is 1.51. The lowest BCUT2D eigenvalue weighted by Crippen LogP contribution is -2.30. The number of hydrogen-bond acceptors (Lipinski definition) is 5. The zero-order valence-electron chi connectivity index (χ0n) is 13.9. The molecule has 4 rings (SSSR count). The Morgan fingerprint density at radius 1 is 1.40 bits per heavy atom. The molecule has 1 aliphatic heterocycles. The van der Waals surface area contributed by atoms with Gasteiger partial charge in [-0.2, -0.15) is 5.26 Å². The summed E-state index contributed by atoms with van der Waals surface area (Å²) in [5.41, 5.74) is 2.53. The van der Waals surface area contributed by atoms with E-state index in [1.165, 1.54) is 0 Å². The van der Waals surface area contributed by atoms with Gasteiger partial charge < -0.3 is 13.9 Å². The summed E-state index contributed by atoms with van der Waals surface area (Å²) in [6.45, 7) is 1.76. The number of nitrogens with zero attached hydrogens (tertiary/aromatic N) is 4. The second-order valence-corrected chi connectivity index (χ2v) is 6.54. The van der Waals surface area contributed by atoms with Crippen molar-refractivity contribution in [3.8, 4) is 6.07 Å². The van der Waals surface area contributed by atoms with Crippen LogP contribution < -0.4 is 0 Å². The van der Waals surface area contributed by atoms with E-state index in [2.05, 4.69) is 16.0 Å². The van der Waals surface area contributed by atoms with Crippen LogP contribution in [0.3, 0.4) is 0 Å². The molecule has 4 heterocycles. The van der Waals surface area contributed by atoms with Crippen molar-refractivity contribution in [1.29, 1.82) is 5.26 Å². The van der Waals surface area contributed by atoms with E-state index in [1.807, 2.05) is 28.9 Å². The first-order valence-electron chi connectivity index (χ1n) is 8.56. The molecule has 1 fully saturated rings. The van der Waals surface area contributed by atoms with Crippen LogP contribution in [0.4, 0.5) is 0 Å². The maximum atomic E-state index is 10.4. The highest BCUT2D eigenvalue weighted by molar-refractivity contribution is 5.44. The van der Waals surface area contributed by atoms with Crippen molar-refractivity contribution < 1.29 is 9.52 Å². The minimum absolute atomic E-state index is 0.310. The van der Waals surface area contributed by atoms with Crippen LogP contribution in [-0.2, 0) is 6.54 Å². The van der Waals surface area contributed by atoms with Crippen LogP contribution in [0, 0.1) is 11.3 Å². The summed E-state index contributed by atoms with van der Waals surface area (Å²) in [6.07, 6.45) is 7.57. The minimum Gasteiger partial charge on any atom is -0.467 e. The number of rotatable bonds is 5. The summed E-state index contributed by atoms with van der Waals surface area (Å²) in [5.74, 6) is 0.625. The number of aliphatic hydroxyl groups is 1. The Bertz CT molecular complexity index is 894. The van der Waals surface area contributed by atoms with Crippen molar-refractivity contribution in [2.45, 2.75) is 38.0 Å². The van der Waals surface area contributed by atoms with Crippen LogP contribution in [0.5, 0.6) is 0 Å². The predicted molar refractivity (Wildman–Crippen MR) is 91.6 cm³/mol. The molecule has 3 aromatic heterocycles. The number of nitriles is 1. The van der Waals surface area contributed by atoms with E-state index >= 15 is 0 Å². The number of fused-ring (bicyclic) bond motifs is 1.